The normalized spacial score (nSPS) is 13.0. The number of hydrogen-bond acceptors (Lipinski definition) is 2. The van der Waals surface area contributed by atoms with Crippen LogP contribution in [0.5, 0.6) is 0 Å². The number of fused-ring (bicyclic) bond motifs is 1. The highest BCUT2D eigenvalue weighted by Gasteiger charge is 2.23. The summed E-state index contributed by atoms with van der Waals surface area (Å²) in [5.41, 5.74) is 6.28. The number of aromatic amines is 1. The second-order valence-electron chi connectivity index (χ2n) is 6.90. The molecule has 0 unspecified atom stereocenters. The van der Waals surface area contributed by atoms with E-state index in [9.17, 15) is 4.79 Å². The number of nitrogens with one attached hydrogen (secondary N) is 2. The Labute approximate surface area is 164 Å². The third-order valence-electron chi connectivity index (χ3n) is 5.12. The summed E-state index contributed by atoms with van der Waals surface area (Å²) in [5.74, 6) is -0.0853. The Morgan fingerprint density at radius 3 is 2.26 bits per heavy atom. The van der Waals surface area contributed by atoms with Crippen LogP contribution < -0.4 is 5.32 Å². The van der Waals surface area contributed by atoms with Gasteiger partial charge in [-0.05, 0) is 47.9 Å². The summed E-state index contributed by atoms with van der Waals surface area (Å²) < 4.78 is 0.528. The van der Waals surface area contributed by atoms with Gasteiger partial charge in [-0.25, -0.2) is 0 Å². The minimum Gasteiger partial charge on any atom is -0.348 e. The van der Waals surface area contributed by atoms with Crippen molar-refractivity contribution in [1.82, 2.24) is 10.3 Å². The molecule has 27 heavy (non-hydrogen) atoms. The molecule has 1 amide bonds. The topological polar surface area (TPSA) is 44.9 Å². The van der Waals surface area contributed by atoms with Crippen molar-refractivity contribution in [3.63, 3.8) is 0 Å². The second-order valence-corrected chi connectivity index (χ2v) is 7.31. The predicted molar refractivity (Wildman–Crippen MR) is 111 cm³/mol. The van der Waals surface area contributed by atoms with Gasteiger partial charge in [0.05, 0.1) is 5.56 Å². The Hall–Kier alpha value is -2.72. The van der Waals surface area contributed by atoms with Gasteiger partial charge >= 0.3 is 0 Å². The molecule has 4 rings (SSSR count). The lowest BCUT2D eigenvalue weighted by atomic mass is 9.86. The van der Waals surface area contributed by atoms with E-state index < -0.39 is 0 Å². The number of hydrogen-bond donors (Lipinski definition) is 2. The van der Waals surface area contributed by atoms with E-state index in [-0.39, 0.29) is 5.91 Å². The lowest BCUT2D eigenvalue weighted by Crippen LogP contribution is -2.26. The van der Waals surface area contributed by atoms with Crippen molar-refractivity contribution in [1.29, 1.82) is 0 Å². The number of rotatable bonds is 4. The van der Waals surface area contributed by atoms with E-state index in [1.54, 1.807) is 0 Å². The Bertz CT molecular complexity index is 1010. The van der Waals surface area contributed by atoms with Crippen molar-refractivity contribution in [3.05, 3.63) is 87.6 Å². The van der Waals surface area contributed by atoms with Crippen molar-refractivity contribution < 1.29 is 4.79 Å². The maximum atomic E-state index is 13.0. The van der Waals surface area contributed by atoms with Crippen LogP contribution in [-0.4, -0.2) is 10.9 Å². The van der Waals surface area contributed by atoms with Gasteiger partial charge in [-0.2, -0.15) is 0 Å². The fourth-order valence-electron chi connectivity index (χ4n) is 3.80. The first kappa shape index (κ1) is 17.7. The molecule has 0 radical (unpaired) electrons. The zero-order chi connectivity index (χ0) is 18.6. The SMILES string of the molecule is O=C(NCc1ccccc1)c1c2c(c(-c3ccccc3)[nH]c1=S)CCCC2. The quantitative estimate of drug-likeness (QED) is 0.615. The number of carbonyl (C=O) groups is 1. The Kier molecular flexibility index (Phi) is 5.16. The number of carbonyl (C=O) groups excluding carboxylic acids is 1. The molecule has 0 saturated heterocycles. The van der Waals surface area contributed by atoms with Gasteiger partial charge in [-0.1, -0.05) is 72.9 Å². The van der Waals surface area contributed by atoms with Gasteiger partial charge in [0.25, 0.3) is 5.91 Å². The molecular weight excluding hydrogens is 352 g/mol. The first-order chi connectivity index (χ1) is 13.2. The van der Waals surface area contributed by atoms with Crippen LogP contribution in [0, 0.1) is 4.64 Å². The molecule has 0 saturated carbocycles. The van der Waals surface area contributed by atoms with E-state index in [0.717, 1.165) is 48.1 Å². The molecule has 1 aliphatic rings. The molecule has 0 aliphatic heterocycles. The van der Waals surface area contributed by atoms with Gasteiger partial charge in [0, 0.05) is 12.2 Å². The molecule has 0 bridgehead atoms. The molecule has 1 heterocycles. The number of pyridine rings is 1. The first-order valence-electron chi connectivity index (χ1n) is 9.39. The van der Waals surface area contributed by atoms with Crippen LogP contribution in [0.2, 0.25) is 0 Å². The molecular formula is C23H22N2OS. The van der Waals surface area contributed by atoms with E-state index in [4.69, 9.17) is 12.2 Å². The molecule has 0 atom stereocenters. The molecule has 1 aliphatic carbocycles. The maximum Gasteiger partial charge on any atom is 0.254 e. The van der Waals surface area contributed by atoms with Gasteiger partial charge in [-0.15, -0.1) is 0 Å². The van der Waals surface area contributed by atoms with Crippen molar-refractivity contribution in [3.8, 4) is 11.3 Å². The molecule has 136 valence electrons. The van der Waals surface area contributed by atoms with Crippen LogP contribution in [0.1, 0.15) is 39.9 Å². The van der Waals surface area contributed by atoms with Crippen LogP contribution in [0.4, 0.5) is 0 Å². The number of benzene rings is 2. The summed E-state index contributed by atoms with van der Waals surface area (Å²) in [7, 11) is 0. The Morgan fingerprint density at radius 1 is 0.926 bits per heavy atom. The third kappa shape index (κ3) is 3.71. The summed E-state index contributed by atoms with van der Waals surface area (Å²) in [6.45, 7) is 0.504. The summed E-state index contributed by atoms with van der Waals surface area (Å²) in [5, 5.41) is 3.04. The third-order valence-corrected chi connectivity index (χ3v) is 5.43. The monoisotopic (exact) mass is 374 g/mol. The van der Waals surface area contributed by atoms with E-state index in [0.29, 0.717) is 16.7 Å². The van der Waals surface area contributed by atoms with Crippen LogP contribution >= 0.6 is 12.2 Å². The molecule has 2 N–H and O–H groups in total. The number of amides is 1. The van der Waals surface area contributed by atoms with Gasteiger partial charge in [0.2, 0.25) is 0 Å². The lowest BCUT2D eigenvalue weighted by molar-refractivity contribution is 0.0949. The maximum absolute atomic E-state index is 13.0. The minimum absolute atomic E-state index is 0.0853. The lowest BCUT2D eigenvalue weighted by Gasteiger charge is -2.23. The highest BCUT2D eigenvalue weighted by Crippen LogP contribution is 2.32. The largest absolute Gasteiger partial charge is 0.348 e. The Morgan fingerprint density at radius 2 is 1.56 bits per heavy atom. The van der Waals surface area contributed by atoms with E-state index >= 15 is 0 Å². The second kappa shape index (κ2) is 7.89. The fraction of sp³-hybridized carbons (Fsp3) is 0.217. The van der Waals surface area contributed by atoms with Gasteiger partial charge in [0.15, 0.2) is 0 Å². The van der Waals surface area contributed by atoms with Crippen LogP contribution in [0.25, 0.3) is 11.3 Å². The summed E-state index contributed by atoms with van der Waals surface area (Å²) in [6, 6.07) is 20.2. The van der Waals surface area contributed by atoms with Gasteiger partial charge in [0.1, 0.15) is 4.64 Å². The zero-order valence-electron chi connectivity index (χ0n) is 15.1. The smallest absolute Gasteiger partial charge is 0.254 e. The van der Waals surface area contributed by atoms with Gasteiger partial charge < -0.3 is 10.3 Å². The van der Waals surface area contributed by atoms with Crippen molar-refractivity contribution in [2.24, 2.45) is 0 Å². The molecule has 0 fully saturated rings. The molecule has 0 spiro atoms. The molecule has 1 aromatic heterocycles. The van der Waals surface area contributed by atoms with E-state index in [1.165, 1.54) is 5.56 Å². The summed E-state index contributed by atoms with van der Waals surface area (Å²) >= 11 is 5.62. The average molecular weight is 375 g/mol. The molecule has 2 aromatic carbocycles. The first-order valence-corrected chi connectivity index (χ1v) is 9.80. The number of H-pyrrole nitrogens is 1. The number of aromatic nitrogens is 1. The van der Waals surface area contributed by atoms with Crippen molar-refractivity contribution in [2.45, 2.75) is 32.2 Å². The molecule has 4 heteroatoms. The summed E-state index contributed by atoms with van der Waals surface area (Å²) in [4.78, 5) is 16.3. The van der Waals surface area contributed by atoms with Crippen molar-refractivity contribution in [2.75, 3.05) is 0 Å². The van der Waals surface area contributed by atoms with E-state index in [2.05, 4.69) is 22.4 Å². The fourth-order valence-corrected chi connectivity index (χ4v) is 4.12. The van der Waals surface area contributed by atoms with Crippen LogP contribution in [-0.2, 0) is 19.4 Å². The molecule has 3 aromatic rings. The Balaban J connectivity index is 1.71. The summed E-state index contributed by atoms with van der Waals surface area (Å²) in [6.07, 6.45) is 4.12. The average Bonchev–Trinajstić information content (AvgIpc) is 2.73. The molecule has 3 nitrogen and oxygen atoms in total. The van der Waals surface area contributed by atoms with E-state index in [1.807, 2.05) is 48.5 Å². The minimum atomic E-state index is -0.0853. The highest BCUT2D eigenvalue weighted by atomic mass is 32.1. The standard InChI is InChI=1S/C23H22N2OS/c26-22(24-15-16-9-3-1-4-10-16)20-18-13-7-8-14-19(18)21(25-23(20)27)17-11-5-2-6-12-17/h1-6,9-12H,7-8,13-15H2,(H,24,26)(H,25,27). The highest BCUT2D eigenvalue weighted by molar-refractivity contribution is 7.71. The van der Waals surface area contributed by atoms with Crippen LogP contribution in [0.15, 0.2) is 60.7 Å². The van der Waals surface area contributed by atoms with Crippen LogP contribution in [0.3, 0.4) is 0 Å². The van der Waals surface area contributed by atoms with Gasteiger partial charge in [-0.3, -0.25) is 4.79 Å². The predicted octanol–water partition coefficient (Wildman–Crippen LogP) is 5.22. The zero-order valence-corrected chi connectivity index (χ0v) is 15.9. The van der Waals surface area contributed by atoms with Crippen molar-refractivity contribution >= 4 is 18.1 Å².